The van der Waals surface area contributed by atoms with Gasteiger partial charge in [-0.1, -0.05) is 6.92 Å². The molecule has 1 aromatic rings. The molecule has 0 bridgehead atoms. The molecule has 3 N–H and O–H groups in total. The topological polar surface area (TPSA) is 92.3 Å². The molecule has 88 valence electrons. The summed E-state index contributed by atoms with van der Waals surface area (Å²) in [5, 5.41) is 10.6. The van der Waals surface area contributed by atoms with Crippen LogP contribution in [0, 0.1) is 0 Å². The number of aliphatic hydroxyl groups is 1. The highest BCUT2D eigenvalue weighted by atomic mass is 32.1. The second-order valence-electron chi connectivity index (χ2n) is 3.91. The van der Waals surface area contributed by atoms with E-state index in [1.54, 1.807) is 0 Å². The number of amides is 1. The van der Waals surface area contributed by atoms with Crippen molar-refractivity contribution in [3.05, 3.63) is 5.82 Å². The van der Waals surface area contributed by atoms with Crippen molar-refractivity contribution in [1.29, 1.82) is 0 Å². The molecule has 1 fully saturated rings. The van der Waals surface area contributed by atoms with Crippen molar-refractivity contribution in [2.75, 3.05) is 18.0 Å². The lowest BCUT2D eigenvalue weighted by atomic mass is 10.0. The summed E-state index contributed by atoms with van der Waals surface area (Å²) in [5.41, 5.74) is 3.74. The van der Waals surface area contributed by atoms with Gasteiger partial charge in [-0.3, -0.25) is 4.79 Å². The van der Waals surface area contributed by atoms with Gasteiger partial charge in [0, 0.05) is 30.9 Å². The molecule has 6 nitrogen and oxygen atoms in total. The molecule has 1 atom stereocenters. The van der Waals surface area contributed by atoms with E-state index in [1.807, 2.05) is 11.8 Å². The number of β-amino-alcohol motifs (C(OH)–C–C–N with tert-alkyl or cyclic N) is 1. The van der Waals surface area contributed by atoms with Crippen LogP contribution in [-0.2, 0) is 11.2 Å². The third kappa shape index (κ3) is 1.88. The lowest BCUT2D eigenvalue weighted by Gasteiger charge is -2.18. The van der Waals surface area contributed by atoms with Crippen molar-refractivity contribution in [1.82, 2.24) is 9.36 Å². The Bertz CT molecular complexity index is 408. The van der Waals surface area contributed by atoms with E-state index in [4.69, 9.17) is 5.73 Å². The van der Waals surface area contributed by atoms with E-state index in [9.17, 15) is 9.90 Å². The number of nitrogens with zero attached hydrogens (tertiary/aromatic N) is 3. The Morgan fingerprint density at radius 3 is 3.00 bits per heavy atom. The van der Waals surface area contributed by atoms with Crippen LogP contribution in [0.5, 0.6) is 0 Å². The number of primary amides is 1. The van der Waals surface area contributed by atoms with Crippen LogP contribution in [0.2, 0.25) is 0 Å². The minimum Gasteiger partial charge on any atom is -0.378 e. The number of hydrogen-bond acceptors (Lipinski definition) is 6. The lowest BCUT2D eigenvalue weighted by molar-refractivity contribution is -0.134. The Hall–Kier alpha value is -1.21. The van der Waals surface area contributed by atoms with E-state index in [-0.39, 0.29) is 6.54 Å². The summed E-state index contributed by atoms with van der Waals surface area (Å²) in [6, 6.07) is 0. The number of carbonyl (C=O) groups is 1. The standard InChI is InChI=1S/C9H14N4O2S/c1-2-6-11-8(16-12-6)13-4-3-9(15,5-13)7(10)14/h15H,2-5H2,1H3,(H2,10,14). The maximum Gasteiger partial charge on any atom is 0.251 e. The quantitative estimate of drug-likeness (QED) is 0.747. The van der Waals surface area contributed by atoms with Crippen molar-refractivity contribution in [3.63, 3.8) is 0 Å². The van der Waals surface area contributed by atoms with Gasteiger partial charge in [0.25, 0.3) is 5.91 Å². The van der Waals surface area contributed by atoms with E-state index in [1.165, 1.54) is 11.5 Å². The predicted molar refractivity (Wildman–Crippen MR) is 60.3 cm³/mol. The second-order valence-corrected chi connectivity index (χ2v) is 4.64. The Morgan fingerprint density at radius 2 is 2.50 bits per heavy atom. The van der Waals surface area contributed by atoms with Crippen LogP contribution in [-0.4, -0.2) is 39.1 Å². The minimum absolute atomic E-state index is 0.209. The number of rotatable bonds is 3. The largest absolute Gasteiger partial charge is 0.378 e. The first-order valence-electron chi connectivity index (χ1n) is 5.15. The number of hydrogen-bond donors (Lipinski definition) is 2. The highest BCUT2D eigenvalue weighted by Gasteiger charge is 2.42. The normalized spacial score (nSPS) is 25.0. The molecule has 16 heavy (non-hydrogen) atoms. The average Bonchev–Trinajstić information content (AvgIpc) is 2.84. The fourth-order valence-electron chi connectivity index (χ4n) is 1.67. The fourth-order valence-corrected chi connectivity index (χ4v) is 2.45. The SMILES string of the molecule is CCc1nsc(N2CCC(O)(C(N)=O)C2)n1. The lowest BCUT2D eigenvalue weighted by Crippen LogP contribution is -2.46. The molecule has 0 saturated carbocycles. The highest BCUT2D eigenvalue weighted by molar-refractivity contribution is 7.09. The Balaban J connectivity index is 2.11. The van der Waals surface area contributed by atoms with Gasteiger partial charge < -0.3 is 15.7 Å². The fraction of sp³-hybridized carbons (Fsp3) is 0.667. The maximum atomic E-state index is 11.1. The molecule has 0 aliphatic carbocycles. The van der Waals surface area contributed by atoms with Gasteiger partial charge in [0.15, 0.2) is 5.60 Å². The van der Waals surface area contributed by atoms with E-state index < -0.39 is 11.5 Å². The zero-order valence-corrected chi connectivity index (χ0v) is 9.83. The molecule has 0 radical (unpaired) electrons. The molecule has 1 aromatic heterocycles. The zero-order chi connectivity index (χ0) is 11.8. The third-order valence-corrected chi connectivity index (χ3v) is 3.57. The Morgan fingerprint density at radius 1 is 1.75 bits per heavy atom. The number of anilines is 1. The molecule has 1 aliphatic heterocycles. The first kappa shape index (κ1) is 11.3. The summed E-state index contributed by atoms with van der Waals surface area (Å²) in [4.78, 5) is 17.2. The van der Waals surface area contributed by atoms with Gasteiger partial charge in [-0.25, -0.2) is 4.98 Å². The van der Waals surface area contributed by atoms with E-state index in [0.29, 0.717) is 13.0 Å². The Labute approximate surface area is 97.3 Å². The summed E-state index contributed by atoms with van der Waals surface area (Å²) in [5.74, 6) is 0.116. The predicted octanol–water partition coefficient (Wildman–Crippen LogP) is -0.473. The first-order valence-corrected chi connectivity index (χ1v) is 5.92. The molecule has 7 heteroatoms. The van der Waals surface area contributed by atoms with Gasteiger partial charge in [-0.05, 0) is 0 Å². The van der Waals surface area contributed by atoms with Crippen molar-refractivity contribution >= 4 is 22.6 Å². The number of nitrogens with two attached hydrogens (primary N) is 1. The van der Waals surface area contributed by atoms with Crippen LogP contribution < -0.4 is 10.6 Å². The van der Waals surface area contributed by atoms with Crippen molar-refractivity contribution in [2.24, 2.45) is 5.73 Å². The number of aromatic nitrogens is 2. The first-order chi connectivity index (χ1) is 7.55. The second kappa shape index (κ2) is 3.99. The number of carbonyl (C=O) groups excluding carboxylic acids is 1. The molecule has 1 saturated heterocycles. The van der Waals surface area contributed by atoms with Crippen LogP contribution in [0.1, 0.15) is 19.2 Å². The molecule has 1 amide bonds. The van der Waals surface area contributed by atoms with Crippen molar-refractivity contribution in [3.8, 4) is 0 Å². The van der Waals surface area contributed by atoms with Crippen LogP contribution in [0.3, 0.4) is 0 Å². The zero-order valence-electron chi connectivity index (χ0n) is 9.01. The molecule has 1 unspecified atom stereocenters. The summed E-state index contributed by atoms with van der Waals surface area (Å²) >= 11 is 1.29. The molecule has 2 rings (SSSR count). The minimum atomic E-state index is -1.42. The van der Waals surface area contributed by atoms with E-state index >= 15 is 0 Å². The van der Waals surface area contributed by atoms with Gasteiger partial charge in [0.1, 0.15) is 5.82 Å². The Kier molecular flexibility index (Phi) is 2.81. The summed E-state index contributed by atoms with van der Waals surface area (Å²) in [6.45, 7) is 2.77. The van der Waals surface area contributed by atoms with Gasteiger partial charge in [0.05, 0.1) is 6.54 Å². The van der Waals surface area contributed by atoms with Crippen molar-refractivity contribution in [2.45, 2.75) is 25.4 Å². The molecule has 1 aliphatic rings. The number of aryl methyl sites for hydroxylation is 1. The molecule has 0 aromatic carbocycles. The highest BCUT2D eigenvalue weighted by Crippen LogP contribution is 2.27. The summed E-state index contributed by atoms with van der Waals surface area (Å²) in [6.07, 6.45) is 1.13. The summed E-state index contributed by atoms with van der Waals surface area (Å²) in [7, 11) is 0. The van der Waals surface area contributed by atoms with E-state index in [2.05, 4.69) is 9.36 Å². The monoisotopic (exact) mass is 242 g/mol. The van der Waals surface area contributed by atoms with Crippen LogP contribution in [0.25, 0.3) is 0 Å². The van der Waals surface area contributed by atoms with Crippen LogP contribution >= 0.6 is 11.5 Å². The van der Waals surface area contributed by atoms with Gasteiger partial charge in [-0.2, -0.15) is 4.37 Å². The van der Waals surface area contributed by atoms with E-state index in [0.717, 1.165) is 17.4 Å². The van der Waals surface area contributed by atoms with Gasteiger partial charge in [-0.15, -0.1) is 0 Å². The van der Waals surface area contributed by atoms with Crippen LogP contribution in [0.4, 0.5) is 5.13 Å². The summed E-state index contributed by atoms with van der Waals surface area (Å²) < 4.78 is 4.16. The average molecular weight is 242 g/mol. The van der Waals surface area contributed by atoms with Gasteiger partial charge in [0.2, 0.25) is 5.13 Å². The molecule has 0 spiro atoms. The molecular formula is C9H14N4O2S. The van der Waals surface area contributed by atoms with Gasteiger partial charge >= 0.3 is 0 Å². The van der Waals surface area contributed by atoms with Crippen LogP contribution in [0.15, 0.2) is 0 Å². The molecular weight excluding hydrogens is 228 g/mol. The maximum absolute atomic E-state index is 11.1. The van der Waals surface area contributed by atoms with Crippen molar-refractivity contribution < 1.29 is 9.90 Å². The smallest absolute Gasteiger partial charge is 0.251 e. The molecule has 2 heterocycles. The third-order valence-electron chi connectivity index (χ3n) is 2.75.